The highest BCUT2D eigenvalue weighted by Gasteiger charge is 2.25. The van der Waals surface area contributed by atoms with E-state index < -0.39 is 0 Å². The zero-order chi connectivity index (χ0) is 15.6. The number of aryl methyl sites for hydroxylation is 1. The van der Waals surface area contributed by atoms with Gasteiger partial charge in [0.2, 0.25) is 5.82 Å². The molecule has 0 spiro atoms. The van der Waals surface area contributed by atoms with E-state index in [4.69, 9.17) is 0 Å². The predicted molar refractivity (Wildman–Crippen MR) is 86.4 cm³/mol. The summed E-state index contributed by atoms with van der Waals surface area (Å²) in [6.45, 7) is 0.867. The molecule has 1 aliphatic carbocycles. The van der Waals surface area contributed by atoms with E-state index in [0.717, 1.165) is 18.7 Å². The van der Waals surface area contributed by atoms with Crippen molar-refractivity contribution in [3.63, 3.8) is 0 Å². The van der Waals surface area contributed by atoms with Gasteiger partial charge in [-0.05, 0) is 53.9 Å². The largest absolute Gasteiger partial charge is 0.295 e. The third kappa shape index (κ3) is 2.73. The van der Waals surface area contributed by atoms with Crippen molar-refractivity contribution < 1.29 is 0 Å². The summed E-state index contributed by atoms with van der Waals surface area (Å²) in [7, 11) is 2.18. The lowest BCUT2D eigenvalue weighted by atomic mass is 10.1. The van der Waals surface area contributed by atoms with Crippen LogP contribution >= 0.6 is 0 Å². The van der Waals surface area contributed by atoms with Gasteiger partial charge < -0.3 is 0 Å². The van der Waals surface area contributed by atoms with Gasteiger partial charge in [-0.3, -0.25) is 9.88 Å². The molecule has 0 fully saturated rings. The number of nitrogens with zero attached hydrogens (tertiary/aromatic N) is 5. The van der Waals surface area contributed by atoms with Crippen molar-refractivity contribution in [1.82, 2.24) is 30.5 Å². The molecule has 1 aromatic carbocycles. The maximum Gasteiger partial charge on any atom is 0.222 e. The van der Waals surface area contributed by atoms with Gasteiger partial charge in [0, 0.05) is 18.8 Å². The van der Waals surface area contributed by atoms with Crippen LogP contribution in [0, 0.1) is 0 Å². The minimum Gasteiger partial charge on any atom is -0.295 e. The highest BCUT2D eigenvalue weighted by atomic mass is 15.5. The number of aromatic amines is 1. The Hall–Kier alpha value is -2.60. The van der Waals surface area contributed by atoms with Crippen LogP contribution in [0.2, 0.25) is 0 Å². The van der Waals surface area contributed by atoms with E-state index in [-0.39, 0.29) is 0 Å². The number of rotatable bonds is 4. The fourth-order valence-electron chi connectivity index (χ4n) is 3.36. The fraction of sp³-hybridized carbons (Fsp3) is 0.294. The van der Waals surface area contributed by atoms with E-state index in [9.17, 15) is 0 Å². The minimum atomic E-state index is 0.480. The summed E-state index contributed by atoms with van der Waals surface area (Å²) in [5.41, 5.74) is 4.89. The molecule has 1 atom stereocenters. The van der Waals surface area contributed by atoms with Gasteiger partial charge in [0.25, 0.3) is 0 Å². The monoisotopic (exact) mass is 306 g/mol. The van der Waals surface area contributed by atoms with Crippen LogP contribution in [0.4, 0.5) is 0 Å². The first kappa shape index (κ1) is 14.0. The number of benzene rings is 1. The van der Waals surface area contributed by atoms with Gasteiger partial charge >= 0.3 is 0 Å². The van der Waals surface area contributed by atoms with Crippen molar-refractivity contribution in [2.24, 2.45) is 0 Å². The normalized spacial score (nSPS) is 16.7. The third-order valence-electron chi connectivity index (χ3n) is 4.46. The van der Waals surface area contributed by atoms with Gasteiger partial charge in [0.15, 0.2) is 0 Å². The number of tetrazole rings is 1. The molecule has 0 aliphatic heterocycles. The van der Waals surface area contributed by atoms with Crippen LogP contribution in [-0.4, -0.2) is 37.6 Å². The van der Waals surface area contributed by atoms with Gasteiger partial charge in [-0.15, -0.1) is 10.2 Å². The predicted octanol–water partition coefficient (Wildman–Crippen LogP) is 2.38. The first-order valence-electron chi connectivity index (χ1n) is 7.78. The molecule has 3 aromatic rings. The van der Waals surface area contributed by atoms with Crippen molar-refractivity contribution in [3.8, 4) is 11.5 Å². The molecule has 0 radical (unpaired) electrons. The van der Waals surface area contributed by atoms with Crippen LogP contribution in [-0.2, 0) is 13.0 Å². The van der Waals surface area contributed by atoms with Crippen LogP contribution in [0.1, 0.15) is 29.2 Å². The number of fused-ring (bicyclic) bond motifs is 1. The summed E-state index contributed by atoms with van der Waals surface area (Å²) in [6, 6.07) is 13.3. The topological polar surface area (TPSA) is 70.6 Å². The maximum absolute atomic E-state index is 4.32. The second-order valence-corrected chi connectivity index (χ2v) is 5.95. The molecule has 4 rings (SSSR count). The molecule has 1 aliphatic rings. The molecule has 2 heterocycles. The summed E-state index contributed by atoms with van der Waals surface area (Å²) < 4.78 is 0. The van der Waals surface area contributed by atoms with E-state index >= 15 is 0 Å². The Morgan fingerprint density at radius 1 is 1.26 bits per heavy atom. The maximum atomic E-state index is 4.32. The Bertz CT molecular complexity index is 798. The average molecular weight is 306 g/mol. The van der Waals surface area contributed by atoms with E-state index in [1.807, 2.05) is 12.1 Å². The Morgan fingerprint density at radius 3 is 3.04 bits per heavy atom. The number of aromatic nitrogens is 5. The molecule has 0 saturated carbocycles. The van der Waals surface area contributed by atoms with Crippen LogP contribution in [0.3, 0.4) is 0 Å². The molecule has 116 valence electrons. The average Bonchev–Trinajstić information content (AvgIpc) is 3.25. The number of hydrogen-bond acceptors (Lipinski definition) is 5. The Morgan fingerprint density at radius 2 is 2.17 bits per heavy atom. The smallest absolute Gasteiger partial charge is 0.222 e. The first-order valence-corrected chi connectivity index (χ1v) is 7.78. The van der Waals surface area contributed by atoms with Gasteiger partial charge in [0.05, 0.1) is 0 Å². The number of H-pyrrole nitrogens is 1. The van der Waals surface area contributed by atoms with E-state index in [0.29, 0.717) is 11.9 Å². The summed E-state index contributed by atoms with van der Waals surface area (Å²) in [6.07, 6.45) is 4.14. The molecule has 1 N–H and O–H groups in total. The Labute approximate surface area is 134 Å². The number of pyridine rings is 1. The lowest BCUT2D eigenvalue weighted by Crippen LogP contribution is -2.22. The SMILES string of the molecule is CN(Cc1ccnc(-c2nn[nH]n2)c1)C1CCc2ccccc21. The van der Waals surface area contributed by atoms with Gasteiger partial charge in [-0.25, -0.2) is 0 Å². The molecule has 0 saturated heterocycles. The highest BCUT2D eigenvalue weighted by molar-refractivity contribution is 5.48. The van der Waals surface area contributed by atoms with Gasteiger partial charge in [-0.2, -0.15) is 5.21 Å². The molecular weight excluding hydrogens is 288 g/mol. The summed E-state index contributed by atoms with van der Waals surface area (Å²) in [5.74, 6) is 0.528. The van der Waals surface area contributed by atoms with E-state index in [1.54, 1.807) is 6.20 Å². The number of hydrogen-bond donors (Lipinski definition) is 1. The first-order chi connectivity index (χ1) is 11.3. The molecule has 2 aromatic heterocycles. The van der Waals surface area contributed by atoms with Crippen molar-refractivity contribution in [2.75, 3.05) is 7.05 Å². The summed E-state index contributed by atoms with van der Waals surface area (Å²) >= 11 is 0. The second kappa shape index (κ2) is 5.89. The zero-order valence-corrected chi connectivity index (χ0v) is 13.0. The van der Waals surface area contributed by atoms with Crippen LogP contribution < -0.4 is 0 Å². The van der Waals surface area contributed by atoms with Gasteiger partial charge in [0.1, 0.15) is 5.69 Å². The zero-order valence-electron chi connectivity index (χ0n) is 13.0. The molecule has 0 bridgehead atoms. The van der Waals surface area contributed by atoms with Crippen LogP contribution in [0.25, 0.3) is 11.5 Å². The number of nitrogens with one attached hydrogen (secondary N) is 1. The quantitative estimate of drug-likeness (QED) is 0.801. The van der Waals surface area contributed by atoms with Crippen molar-refractivity contribution in [2.45, 2.75) is 25.4 Å². The second-order valence-electron chi connectivity index (χ2n) is 5.95. The molecular formula is C17H18N6. The van der Waals surface area contributed by atoms with Crippen LogP contribution in [0.5, 0.6) is 0 Å². The van der Waals surface area contributed by atoms with Crippen molar-refractivity contribution in [3.05, 3.63) is 59.3 Å². The fourth-order valence-corrected chi connectivity index (χ4v) is 3.36. The lowest BCUT2D eigenvalue weighted by Gasteiger charge is -2.25. The Balaban J connectivity index is 1.54. The van der Waals surface area contributed by atoms with E-state index in [1.165, 1.54) is 23.1 Å². The molecule has 6 nitrogen and oxygen atoms in total. The molecule has 0 amide bonds. The van der Waals surface area contributed by atoms with E-state index in [2.05, 4.69) is 61.8 Å². The van der Waals surface area contributed by atoms with Crippen molar-refractivity contribution in [1.29, 1.82) is 0 Å². The van der Waals surface area contributed by atoms with Crippen LogP contribution in [0.15, 0.2) is 42.6 Å². The van der Waals surface area contributed by atoms with Gasteiger partial charge in [-0.1, -0.05) is 24.3 Å². The molecule has 6 heteroatoms. The van der Waals surface area contributed by atoms with Crippen molar-refractivity contribution >= 4 is 0 Å². The summed E-state index contributed by atoms with van der Waals surface area (Å²) in [5, 5.41) is 14.0. The highest BCUT2D eigenvalue weighted by Crippen LogP contribution is 2.35. The third-order valence-corrected chi connectivity index (χ3v) is 4.46. The Kier molecular flexibility index (Phi) is 3.59. The summed E-state index contributed by atoms with van der Waals surface area (Å²) in [4.78, 5) is 6.72. The molecule has 23 heavy (non-hydrogen) atoms. The lowest BCUT2D eigenvalue weighted by molar-refractivity contribution is 0.236. The minimum absolute atomic E-state index is 0.480. The standard InChI is InChI=1S/C17H18N6/c1-23(16-7-6-13-4-2-3-5-14(13)16)11-12-8-9-18-15(10-12)17-19-21-22-20-17/h2-5,8-10,16H,6-7,11H2,1H3,(H,19,20,21,22). The molecule has 1 unspecified atom stereocenters.